The van der Waals surface area contributed by atoms with Crippen LogP contribution in [0.4, 0.5) is 10.3 Å². The molecule has 0 unspecified atom stereocenters. The fourth-order valence-corrected chi connectivity index (χ4v) is 4.25. The highest BCUT2D eigenvalue weighted by atomic mass is 79.9. The first-order chi connectivity index (χ1) is 15.0. The number of hydrogen-bond acceptors (Lipinski definition) is 4. The summed E-state index contributed by atoms with van der Waals surface area (Å²) >= 11 is 3.46. The predicted molar refractivity (Wildman–Crippen MR) is 123 cm³/mol. The molecule has 0 fully saturated rings. The number of nitrogens with zero attached hydrogens (tertiary/aromatic N) is 3. The predicted octanol–water partition coefficient (Wildman–Crippen LogP) is 5.53. The Hall–Kier alpha value is -3.45. The van der Waals surface area contributed by atoms with Crippen LogP contribution in [-0.2, 0) is 0 Å². The normalized spacial score (nSPS) is 15.4. The Morgan fingerprint density at radius 1 is 1.00 bits per heavy atom. The molecule has 1 aliphatic heterocycles. The number of anilines is 1. The SMILES string of the molecule is Nc1nc(-c2ccc(Br)cc2)c2n1N=C(c1ccccc1O)C[C@@H]2c1ccc(F)cc1. The number of halogens is 2. The molecule has 0 saturated carbocycles. The standard InChI is InChI=1S/C24H18BrFN4O/c25-16-9-5-15(6-10-16)22-23-19(14-7-11-17(26)12-8-14)13-20(29-30(23)24(27)28-22)18-3-1-2-4-21(18)31/h1-12,19,31H,13H2,(H2,27,28)/t19-/m1/s1. The van der Waals surface area contributed by atoms with Crippen molar-refractivity contribution in [2.75, 3.05) is 5.73 Å². The van der Waals surface area contributed by atoms with E-state index in [4.69, 9.17) is 10.8 Å². The molecule has 0 saturated heterocycles. The lowest BCUT2D eigenvalue weighted by molar-refractivity contribution is 0.473. The minimum absolute atomic E-state index is 0.148. The van der Waals surface area contributed by atoms with Gasteiger partial charge < -0.3 is 10.8 Å². The van der Waals surface area contributed by atoms with Gasteiger partial charge in [-0.05, 0) is 42.0 Å². The first-order valence-electron chi connectivity index (χ1n) is 9.77. The smallest absolute Gasteiger partial charge is 0.222 e. The Kier molecular flexibility index (Phi) is 4.82. The van der Waals surface area contributed by atoms with Gasteiger partial charge in [0, 0.05) is 27.9 Å². The largest absolute Gasteiger partial charge is 0.507 e. The van der Waals surface area contributed by atoms with E-state index in [1.165, 1.54) is 12.1 Å². The Balaban J connectivity index is 1.73. The van der Waals surface area contributed by atoms with Gasteiger partial charge in [0.25, 0.3) is 0 Å². The Morgan fingerprint density at radius 3 is 2.42 bits per heavy atom. The monoisotopic (exact) mass is 476 g/mol. The number of rotatable bonds is 3. The molecule has 0 bridgehead atoms. The van der Waals surface area contributed by atoms with Crippen LogP contribution in [0, 0.1) is 5.82 Å². The minimum atomic E-state index is -0.296. The number of imidazole rings is 1. The molecule has 0 aliphatic carbocycles. The number of nitrogen functional groups attached to an aromatic ring is 1. The van der Waals surface area contributed by atoms with Crippen LogP contribution < -0.4 is 5.73 Å². The molecule has 3 N–H and O–H groups in total. The average molecular weight is 477 g/mol. The summed E-state index contributed by atoms with van der Waals surface area (Å²) in [7, 11) is 0. The van der Waals surface area contributed by atoms with Crippen LogP contribution in [0.5, 0.6) is 5.75 Å². The molecule has 5 nitrogen and oxygen atoms in total. The minimum Gasteiger partial charge on any atom is -0.507 e. The van der Waals surface area contributed by atoms with Crippen molar-refractivity contribution in [1.82, 2.24) is 9.66 Å². The number of aromatic nitrogens is 2. The molecule has 2 heterocycles. The summed E-state index contributed by atoms with van der Waals surface area (Å²) in [5.41, 5.74) is 11.0. The summed E-state index contributed by atoms with van der Waals surface area (Å²) in [6, 6.07) is 21.3. The Morgan fingerprint density at radius 2 is 1.71 bits per heavy atom. The van der Waals surface area contributed by atoms with Crippen LogP contribution in [0.25, 0.3) is 11.3 Å². The maximum absolute atomic E-state index is 13.6. The number of phenolic OH excluding ortho intramolecular Hbond substituents is 1. The van der Waals surface area contributed by atoms with Gasteiger partial charge in [0.2, 0.25) is 5.95 Å². The van der Waals surface area contributed by atoms with Crippen LogP contribution in [-0.4, -0.2) is 20.5 Å². The zero-order chi connectivity index (χ0) is 21.5. The maximum Gasteiger partial charge on any atom is 0.222 e. The van der Waals surface area contributed by atoms with Crippen molar-refractivity contribution in [2.24, 2.45) is 5.10 Å². The van der Waals surface area contributed by atoms with E-state index in [0.717, 1.165) is 27.0 Å². The lowest BCUT2D eigenvalue weighted by Crippen LogP contribution is -2.21. The van der Waals surface area contributed by atoms with E-state index in [9.17, 15) is 9.50 Å². The van der Waals surface area contributed by atoms with Crippen LogP contribution in [0.3, 0.4) is 0 Å². The van der Waals surface area contributed by atoms with Crippen molar-refractivity contribution < 1.29 is 9.50 Å². The third-order valence-corrected chi connectivity index (χ3v) is 6.00. The average Bonchev–Trinajstić information content (AvgIpc) is 3.11. The second-order valence-electron chi connectivity index (χ2n) is 7.39. The molecule has 1 atom stereocenters. The number of nitrogens with two attached hydrogens (primary N) is 1. The van der Waals surface area contributed by atoms with Crippen molar-refractivity contribution in [3.63, 3.8) is 0 Å². The molecular weight excluding hydrogens is 459 g/mol. The van der Waals surface area contributed by atoms with Gasteiger partial charge in [0.1, 0.15) is 11.6 Å². The summed E-state index contributed by atoms with van der Waals surface area (Å²) in [4.78, 5) is 4.62. The van der Waals surface area contributed by atoms with Crippen LogP contribution in [0.2, 0.25) is 0 Å². The number of para-hydroxylation sites is 1. The highest BCUT2D eigenvalue weighted by Crippen LogP contribution is 2.41. The van der Waals surface area contributed by atoms with E-state index >= 15 is 0 Å². The van der Waals surface area contributed by atoms with Gasteiger partial charge in [0.15, 0.2) is 0 Å². The second kappa shape index (κ2) is 7.67. The number of fused-ring (bicyclic) bond motifs is 1. The zero-order valence-corrected chi connectivity index (χ0v) is 17.9. The molecule has 0 amide bonds. The Labute approximate surface area is 186 Å². The molecule has 31 heavy (non-hydrogen) atoms. The summed E-state index contributed by atoms with van der Waals surface area (Å²) in [5, 5.41) is 15.1. The topological polar surface area (TPSA) is 76.4 Å². The summed E-state index contributed by atoms with van der Waals surface area (Å²) in [6.45, 7) is 0. The molecular formula is C24H18BrFN4O. The molecule has 4 aromatic rings. The quantitative estimate of drug-likeness (QED) is 0.408. The van der Waals surface area contributed by atoms with Gasteiger partial charge in [-0.1, -0.05) is 52.3 Å². The van der Waals surface area contributed by atoms with E-state index < -0.39 is 0 Å². The second-order valence-corrected chi connectivity index (χ2v) is 8.31. The molecule has 0 spiro atoms. The number of hydrogen-bond donors (Lipinski definition) is 2. The van der Waals surface area contributed by atoms with Crippen molar-refractivity contribution in [1.29, 1.82) is 0 Å². The molecule has 7 heteroatoms. The first kappa shape index (κ1) is 19.5. The molecule has 1 aliphatic rings. The van der Waals surface area contributed by atoms with Crippen molar-refractivity contribution >= 4 is 27.6 Å². The maximum atomic E-state index is 13.6. The molecule has 154 valence electrons. The van der Waals surface area contributed by atoms with Gasteiger partial charge in [-0.25, -0.2) is 14.1 Å². The first-order valence-corrected chi connectivity index (χ1v) is 10.6. The number of aromatic hydroxyl groups is 1. The van der Waals surface area contributed by atoms with E-state index in [-0.39, 0.29) is 23.4 Å². The summed E-state index contributed by atoms with van der Waals surface area (Å²) < 4.78 is 16.2. The molecule has 0 radical (unpaired) electrons. The van der Waals surface area contributed by atoms with Crippen LogP contribution in [0.1, 0.15) is 29.2 Å². The Bertz CT molecular complexity index is 1300. The van der Waals surface area contributed by atoms with Gasteiger partial charge in [0.05, 0.1) is 17.1 Å². The van der Waals surface area contributed by atoms with E-state index in [1.807, 2.05) is 36.4 Å². The lowest BCUT2D eigenvalue weighted by Gasteiger charge is -2.25. The third kappa shape index (κ3) is 3.51. The fraction of sp³-hybridized carbons (Fsp3) is 0.0833. The highest BCUT2D eigenvalue weighted by molar-refractivity contribution is 9.10. The molecule has 3 aromatic carbocycles. The van der Waals surface area contributed by atoms with Gasteiger partial charge in [-0.15, -0.1) is 0 Å². The van der Waals surface area contributed by atoms with Crippen LogP contribution >= 0.6 is 15.9 Å². The van der Waals surface area contributed by atoms with E-state index in [1.54, 1.807) is 28.9 Å². The fourth-order valence-electron chi connectivity index (χ4n) is 3.98. The zero-order valence-electron chi connectivity index (χ0n) is 16.3. The third-order valence-electron chi connectivity index (χ3n) is 5.47. The molecule has 5 rings (SSSR count). The van der Waals surface area contributed by atoms with Crippen LogP contribution in [0.15, 0.2) is 82.4 Å². The van der Waals surface area contributed by atoms with Gasteiger partial charge >= 0.3 is 0 Å². The number of benzene rings is 3. The highest BCUT2D eigenvalue weighted by Gasteiger charge is 2.32. The number of phenols is 1. The van der Waals surface area contributed by atoms with Crippen molar-refractivity contribution in [3.05, 3.63) is 99.9 Å². The van der Waals surface area contributed by atoms with Crippen molar-refractivity contribution in [2.45, 2.75) is 12.3 Å². The van der Waals surface area contributed by atoms with Gasteiger partial charge in [-0.3, -0.25) is 0 Å². The molecule has 1 aromatic heterocycles. The summed E-state index contributed by atoms with van der Waals surface area (Å²) in [6.07, 6.45) is 0.512. The van der Waals surface area contributed by atoms with Gasteiger partial charge in [-0.2, -0.15) is 5.10 Å². The van der Waals surface area contributed by atoms with E-state index in [2.05, 4.69) is 20.9 Å². The van der Waals surface area contributed by atoms with E-state index in [0.29, 0.717) is 17.7 Å². The lowest BCUT2D eigenvalue weighted by atomic mass is 9.85. The van der Waals surface area contributed by atoms with Crippen molar-refractivity contribution in [3.8, 4) is 17.0 Å². The summed E-state index contributed by atoms with van der Waals surface area (Å²) in [5.74, 6) is -0.0616.